The largest absolute Gasteiger partial charge is 0.497 e. The van der Waals surface area contributed by atoms with Crippen LogP contribution in [0.25, 0.3) is 0 Å². The van der Waals surface area contributed by atoms with Crippen molar-refractivity contribution in [1.29, 1.82) is 0 Å². The van der Waals surface area contributed by atoms with E-state index in [9.17, 15) is 0 Å². The van der Waals surface area contributed by atoms with Crippen LogP contribution in [0.3, 0.4) is 0 Å². The maximum Gasteiger partial charge on any atom is 0.119 e. The maximum absolute atomic E-state index is 5.20. The molecule has 0 spiro atoms. The SMILES string of the molecule is COc1ccc(N2CC(C)CNCC2C)cc1. The average Bonchev–Trinajstić information content (AvgIpc) is 2.51. The number of benzene rings is 1. The first-order valence-electron chi connectivity index (χ1n) is 6.32. The number of rotatable bonds is 2. The van der Waals surface area contributed by atoms with Crippen molar-refractivity contribution in [2.45, 2.75) is 19.9 Å². The van der Waals surface area contributed by atoms with Gasteiger partial charge in [-0.2, -0.15) is 0 Å². The monoisotopic (exact) mass is 234 g/mol. The highest BCUT2D eigenvalue weighted by molar-refractivity contribution is 5.50. The molecule has 0 bridgehead atoms. The van der Waals surface area contributed by atoms with Crippen LogP contribution < -0.4 is 15.0 Å². The summed E-state index contributed by atoms with van der Waals surface area (Å²) in [4.78, 5) is 2.48. The summed E-state index contributed by atoms with van der Waals surface area (Å²) in [5, 5.41) is 3.50. The molecule has 17 heavy (non-hydrogen) atoms. The van der Waals surface area contributed by atoms with Crippen molar-refractivity contribution >= 4 is 5.69 Å². The van der Waals surface area contributed by atoms with Crippen LogP contribution in [-0.2, 0) is 0 Å². The van der Waals surface area contributed by atoms with Crippen LogP contribution >= 0.6 is 0 Å². The molecule has 0 radical (unpaired) electrons. The maximum atomic E-state index is 5.20. The number of nitrogens with zero attached hydrogens (tertiary/aromatic N) is 1. The summed E-state index contributed by atoms with van der Waals surface area (Å²) in [7, 11) is 1.70. The van der Waals surface area contributed by atoms with Gasteiger partial charge in [0.15, 0.2) is 0 Å². The molecule has 1 heterocycles. The van der Waals surface area contributed by atoms with Gasteiger partial charge < -0.3 is 15.0 Å². The molecule has 0 aliphatic carbocycles. The first-order chi connectivity index (χ1) is 8.20. The quantitative estimate of drug-likeness (QED) is 0.848. The summed E-state index contributed by atoms with van der Waals surface area (Å²) < 4.78 is 5.20. The first-order valence-corrected chi connectivity index (χ1v) is 6.32. The minimum Gasteiger partial charge on any atom is -0.497 e. The van der Waals surface area contributed by atoms with Crippen molar-refractivity contribution in [3.8, 4) is 5.75 Å². The number of anilines is 1. The van der Waals surface area contributed by atoms with Crippen LogP contribution in [0.5, 0.6) is 5.75 Å². The number of hydrogen-bond donors (Lipinski definition) is 1. The van der Waals surface area contributed by atoms with E-state index in [2.05, 4.69) is 36.2 Å². The predicted molar refractivity (Wildman–Crippen MR) is 71.8 cm³/mol. The van der Waals surface area contributed by atoms with Crippen molar-refractivity contribution in [3.63, 3.8) is 0 Å². The number of hydrogen-bond acceptors (Lipinski definition) is 3. The number of ether oxygens (including phenoxy) is 1. The average molecular weight is 234 g/mol. The van der Waals surface area contributed by atoms with E-state index in [0.717, 1.165) is 25.4 Å². The summed E-state index contributed by atoms with van der Waals surface area (Å²) in [5.41, 5.74) is 1.29. The molecule has 1 N–H and O–H groups in total. The summed E-state index contributed by atoms with van der Waals surface area (Å²) in [5.74, 6) is 1.60. The van der Waals surface area contributed by atoms with E-state index >= 15 is 0 Å². The smallest absolute Gasteiger partial charge is 0.119 e. The van der Waals surface area contributed by atoms with Crippen molar-refractivity contribution in [1.82, 2.24) is 5.32 Å². The van der Waals surface area contributed by atoms with Gasteiger partial charge in [0.05, 0.1) is 7.11 Å². The third kappa shape index (κ3) is 2.91. The van der Waals surface area contributed by atoms with Gasteiger partial charge in [-0.15, -0.1) is 0 Å². The summed E-state index contributed by atoms with van der Waals surface area (Å²) in [6, 6.07) is 8.89. The third-order valence-electron chi connectivity index (χ3n) is 3.38. The standard InChI is InChI=1S/C14H22N2O/c1-11-8-15-9-12(2)16(10-11)13-4-6-14(17-3)7-5-13/h4-7,11-12,15H,8-10H2,1-3H3. The Morgan fingerprint density at radius 2 is 1.88 bits per heavy atom. The Bertz CT molecular complexity index is 350. The molecule has 1 saturated heterocycles. The van der Waals surface area contributed by atoms with Gasteiger partial charge in [-0.3, -0.25) is 0 Å². The second-order valence-electron chi connectivity index (χ2n) is 4.96. The summed E-state index contributed by atoms with van der Waals surface area (Å²) in [6.07, 6.45) is 0. The van der Waals surface area contributed by atoms with Crippen LogP contribution in [0.2, 0.25) is 0 Å². The van der Waals surface area contributed by atoms with Crippen molar-refractivity contribution in [2.75, 3.05) is 31.6 Å². The van der Waals surface area contributed by atoms with Crippen LogP contribution in [0, 0.1) is 5.92 Å². The Kier molecular flexibility index (Phi) is 3.89. The van der Waals surface area contributed by atoms with Crippen molar-refractivity contribution in [2.24, 2.45) is 5.92 Å². The van der Waals surface area contributed by atoms with E-state index in [1.165, 1.54) is 5.69 Å². The first kappa shape index (κ1) is 12.2. The molecule has 0 amide bonds. The molecule has 1 aromatic carbocycles. The minimum absolute atomic E-state index is 0.536. The molecule has 3 nitrogen and oxygen atoms in total. The van der Waals surface area contributed by atoms with Gasteiger partial charge in [0.1, 0.15) is 5.75 Å². The molecule has 2 unspecified atom stereocenters. The van der Waals surface area contributed by atoms with E-state index in [4.69, 9.17) is 4.74 Å². The third-order valence-corrected chi connectivity index (χ3v) is 3.38. The lowest BCUT2D eigenvalue weighted by molar-refractivity contribution is 0.414. The molecule has 3 heteroatoms. The fourth-order valence-corrected chi connectivity index (χ4v) is 2.36. The second kappa shape index (κ2) is 5.41. The molecule has 1 aliphatic heterocycles. The van der Waals surface area contributed by atoms with Gasteiger partial charge in [-0.05, 0) is 43.7 Å². The predicted octanol–water partition coefficient (Wildman–Crippen LogP) is 2.13. The Morgan fingerprint density at radius 1 is 1.18 bits per heavy atom. The van der Waals surface area contributed by atoms with E-state index in [1.54, 1.807) is 7.11 Å². The number of nitrogens with one attached hydrogen (secondary N) is 1. The fraction of sp³-hybridized carbons (Fsp3) is 0.571. The van der Waals surface area contributed by atoms with Gasteiger partial charge in [-0.25, -0.2) is 0 Å². The highest BCUT2D eigenvalue weighted by atomic mass is 16.5. The van der Waals surface area contributed by atoms with E-state index in [0.29, 0.717) is 12.0 Å². The molecule has 2 atom stereocenters. The van der Waals surface area contributed by atoms with Crippen LogP contribution in [0.1, 0.15) is 13.8 Å². The van der Waals surface area contributed by atoms with Crippen molar-refractivity contribution < 1.29 is 4.74 Å². The lowest BCUT2D eigenvalue weighted by atomic mass is 10.1. The molecule has 1 aromatic rings. The highest BCUT2D eigenvalue weighted by Crippen LogP contribution is 2.23. The normalized spacial score (nSPS) is 25.5. The zero-order valence-corrected chi connectivity index (χ0v) is 10.9. The van der Waals surface area contributed by atoms with E-state index in [1.807, 2.05) is 12.1 Å². The second-order valence-corrected chi connectivity index (χ2v) is 4.96. The minimum atomic E-state index is 0.536. The lowest BCUT2D eigenvalue weighted by Crippen LogP contribution is -2.37. The molecule has 2 rings (SSSR count). The van der Waals surface area contributed by atoms with Crippen LogP contribution in [-0.4, -0.2) is 32.8 Å². The Balaban J connectivity index is 2.17. The molecule has 94 valence electrons. The molecule has 1 fully saturated rings. The zero-order chi connectivity index (χ0) is 12.3. The molecular formula is C14H22N2O. The Morgan fingerprint density at radius 3 is 2.53 bits per heavy atom. The topological polar surface area (TPSA) is 24.5 Å². The summed E-state index contributed by atoms with van der Waals surface area (Å²) >= 11 is 0. The highest BCUT2D eigenvalue weighted by Gasteiger charge is 2.20. The Hall–Kier alpha value is -1.22. The lowest BCUT2D eigenvalue weighted by Gasteiger charge is -2.30. The molecule has 0 aromatic heterocycles. The van der Waals surface area contributed by atoms with Crippen LogP contribution in [0.15, 0.2) is 24.3 Å². The van der Waals surface area contributed by atoms with Gasteiger partial charge >= 0.3 is 0 Å². The summed E-state index contributed by atoms with van der Waals surface area (Å²) in [6.45, 7) is 7.84. The van der Waals surface area contributed by atoms with Gasteiger partial charge in [-0.1, -0.05) is 6.92 Å². The van der Waals surface area contributed by atoms with E-state index in [-0.39, 0.29) is 0 Å². The molecule has 0 saturated carbocycles. The molecular weight excluding hydrogens is 212 g/mol. The van der Waals surface area contributed by atoms with Gasteiger partial charge in [0, 0.05) is 24.8 Å². The Labute approximate surface area is 104 Å². The van der Waals surface area contributed by atoms with Gasteiger partial charge in [0.2, 0.25) is 0 Å². The van der Waals surface area contributed by atoms with E-state index < -0.39 is 0 Å². The van der Waals surface area contributed by atoms with Crippen molar-refractivity contribution in [3.05, 3.63) is 24.3 Å². The number of methoxy groups -OCH3 is 1. The molecule has 1 aliphatic rings. The van der Waals surface area contributed by atoms with Gasteiger partial charge in [0.25, 0.3) is 0 Å². The fourth-order valence-electron chi connectivity index (χ4n) is 2.36. The zero-order valence-electron chi connectivity index (χ0n) is 10.9. The van der Waals surface area contributed by atoms with Crippen LogP contribution in [0.4, 0.5) is 5.69 Å².